The highest BCUT2D eigenvalue weighted by Gasteiger charge is 2.23. The van der Waals surface area contributed by atoms with E-state index in [9.17, 15) is 13.2 Å². The summed E-state index contributed by atoms with van der Waals surface area (Å²) in [7, 11) is -0.774. The monoisotopic (exact) mass is 334 g/mol. The van der Waals surface area contributed by atoms with Gasteiger partial charge in [0.05, 0.1) is 17.7 Å². The number of sulfonamides is 1. The van der Waals surface area contributed by atoms with Crippen molar-refractivity contribution in [2.45, 2.75) is 11.8 Å². The Hall–Kier alpha value is -2.54. The molecule has 2 aromatic carbocycles. The number of anilines is 2. The lowest BCUT2D eigenvalue weighted by Gasteiger charge is -2.21. The molecule has 23 heavy (non-hydrogen) atoms. The fourth-order valence-electron chi connectivity index (χ4n) is 2.09. The topological polar surface area (TPSA) is 75.7 Å². The Morgan fingerprint density at radius 1 is 1.09 bits per heavy atom. The van der Waals surface area contributed by atoms with E-state index < -0.39 is 10.0 Å². The van der Waals surface area contributed by atoms with Crippen LogP contribution in [0.25, 0.3) is 0 Å². The van der Waals surface area contributed by atoms with Gasteiger partial charge in [-0.3, -0.25) is 9.10 Å². The standard InChI is InChI=1S/C16H18N2O4S/c1-12(19)17-13-8-10-14(11-9-13)23(20,21)18(2)15-6-4-5-7-16(15)22-3/h4-11H,1-3H3,(H,17,19). The van der Waals surface area contributed by atoms with Gasteiger partial charge in [0.1, 0.15) is 5.75 Å². The number of rotatable bonds is 5. The molecule has 0 aliphatic heterocycles. The van der Waals surface area contributed by atoms with E-state index in [-0.39, 0.29) is 10.8 Å². The number of benzene rings is 2. The smallest absolute Gasteiger partial charge is 0.264 e. The predicted octanol–water partition coefficient (Wildman–Crippen LogP) is 2.48. The second-order valence-corrected chi connectivity index (χ2v) is 6.82. The summed E-state index contributed by atoms with van der Waals surface area (Å²) in [6.07, 6.45) is 0. The van der Waals surface area contributed by atoms with E-state index in [2.05, 4.69) is 5.32 Å². The van der Waals surface area contributed by atoms with Crippen molar-refractivity contribution in [2.24, 2.45) is 0 Å². The largest absolute Gasteiger partial charge is 0.495 e. The summed E-state index contributed by atoms with van der Waals surface area (Å²) in [5, 5.41) is 2.60. The van der Waals surface area contributed by atoms with Crippen LogP contribution in [-0.2, 0) is 14.8 Å². The summed E-state index contributed by atoms with van der Waals surface area (Å²) in [4.78, 5) is 11.1. The second-order valence-electron chi connectivity index (χ2n) is 4.85. The number of para-hydroxylation sites is 2. The molecule has 0 spiro atoms. The van der Waals surface area contributed by atoms with E-state index in [0.29, 0.717) is 17.1 Å². The third kappa shape index (κ3) is 3.62. The minimum Gasteiger partial charge on any atom is -0.495 e. The molecule has 1 N–H and O–H groups in total. The third-order valence-electron chi connectivity index (χ3n) is 3.26. The summed E-state index contributed by atoms with van der Waals surface area (Å²) >= 11 is 0. The highest BCUT2D eigenvalue weighted by Crippen LogP contribution is 2.31. The molecule has 0 radical (unpaired) electrons. The number of methoxy groups -OCH3 is 1. The molecule has 0 bridgehead atoms. The zero-order valence-corrected chi connectivity index (χ0v) is 13.9. The molecular weight excluding hydrogens is 316 g/mol. The highest BCUT2D eigenvalue weighted by atomic mass is 32.2. The molecule has 2 aromatic rings. The lowest BCUT2D eigenvalue weighted by molar-refractivity contribution is -0.114. The van der Waals surface area contributed by atoms with Crippen LogP contribution in [0.5, 0.6) is 5.75 Å². The van der Waals surface area contributed by atoms with Crippen molar-refractivity contribution in [3.05, 3.63) is 48.5 Å². The van der Waals surface area contributed by atoms with Crippen LogP contribution in [0.15, 0.2) is 53.4 Å². The molecule has 0 unspecified atom stereocenters. The Kier molecular flexibility index (Phi) is 4.90. The molecule has 0 aromatic heterocycles. The van der Waals surface area contributed by atoms with Gasteiger partial charge in [-0.25, -0.2) is 8.42 Å². The summed E-state index contributed by atoms with van der Waals surface area (Å²) < 4.78 is 31.8. The fourth-order valence-corrected chi connectivity index (χ4v) is 3.30. The first kappa shape index (κ1) is 16.8. The van der Waals surface area contributed by atoms with Crippen molar-refractivity contribution >= 4 is 27.3 Å². The molecule has 6 nitrogen and oxygen atoms in total. The quantitative estimate of drug-likeness (QED) is 0.911. The van der Waals surface area contributed by atoms with Gasteiger partial charge in [-0.1, -0.05) is 12.1 Å². The number of nitrogens with zero attached hydrogens (tertiary/aromatic N) is 1. The van der Waals surface area contributed by atoms with E-state index in [1.54, 1.807) is 36.4 Å². The van der Waals surface area contributed by atoms with Crippen LogP contribution in [0.1, 0.15) is 6.92 Å². The van der Waals surface area contributed by atoms with Gasteiger partial charge in [0, 0.05) is 19.7 Å². The lowest BCUT2D eigenvalue weighted by Crippen LogP contribution is -2.27. The summed E-state index contributed by atoms with van der Waals surface area (Å²) in [6.45, 7) is 1.39. The van der Waals surface area contributed by atoms with Gasteiger partial charge >= 0.3 is 0 Å². The van der Waals surface area contributed by atoms with E-state index in [1.165, 1.54) is 37.5 Å². The van der Waals surface area contributed by atoms with Crippen molar-refractivity contribution in [2.75, 3.05) is 23.8 Å². The molecular formula is C16H18N2O4S. The van der Waals surface area contributed by atoms with Crippen LogP contribution >= 0.6 is 0 Å². The maximum atomic E-state index is 12.7. The van der Waals surface area contributed by atoms with Crippen LogP contribution in [0.2, 0.25) is 0 Å². The minimum absolute atomic E-state index is 0.125. The van der Waals surface area contributed by atoms with Crippen molar-refractivity contribution in [1.29, 1.82) is 0 Å². The molecule has 7 heteroatoms. The average molecular weight is 334 g/mol. The Labute approximate surface area is 135 Å². The van der Waals surface area contributed by atoms with E-state index in [0.717, 1.165) is 0 Å². The number of hydrogen-bond donors (Lipinski definition) is 1. The molecule has 0 saturated carbocycles. The fraction of sp³-hybridized carbons (Fsp3) is 0.188. The van der Waals surface area contributed by atoms with Crippen LogP contribution in [0, 0.1) is 0 Å². The predicted molar refractivity (Wildman–Crippen MR) is 89.3 cm³/mol. The van der Waals surface area contributed by atoms with Gasteiger partial charge in [0.2, 0.25) is 5.91 Å². The zero-order chi connectivity index (χ0) is 17.0. The minimum atomic E-state index is -3.73. The van der Waals surface area contributed by atoms with Crippen LogP contribution in [0.3, 0.4) is 0 Å². The van der Waals surface area contributed by atoms with Gasteiger partial charge < -0.3 is 10.1 Å². The number of nitrogens with one attached hydrogen (secondary N) is 1. The summed E-state index contributed by atoms with van der Waals surface area (Å²) in [6, 6.07) is 12.9. The molecule has 0 aliphatic rings. The molecule has 0 aliphatic carbocycles. The van der Waals surface area contributed by atoms with Gasteiger partial charge in [0.15, 0.2) is 0 Å². The SMILES string of the molecule is COc1ccccc1N(C)S(=O)(=O)c1ccc(NC(C)=O)cc1. The third-order valence-corrected chi connectivity index (χ3v) is 5.04. The second kappa shape index (κ2) is 6.70. The van der Waals surface area contributed by atoms with E-state index in [4.69, 9.17) is 4.74 Å². The number of ether oxygens (including phenoxy) is 1. The van der Waals surface area contributed by atoms with Gasteiger partial charge in [-0.15, -0.1) is 0 Å². The van der Waals surface area contributed by atoms with Crippen molar-refractivity contribution in [1.82, 2.24) is 0 Å². The Morgan fingerprint density at radius 2 is 1.70 bits per heavy atom. The van der Waals surface area contributed by atoms with Crippen LogP contribution < -0.4 is 14.4 Å². The normalized spacial score (nSPS) is 10.9. The first-order valence-electron chi connectivity index (χ1n) is 6.86. The Morgan fingerprint density at radius 3 is 2.26 bits per heavy atom. The molecule has 122 valence electrons. The van der Waals surface area contributed by atoms with Crippen molar-refractivity contribution in [3.63, 3.8) is 0 Å². The van der Waals surface area contributed by atoms with Crippen LogP contribution in [0.4, 0.5) is 11.4 Å². The average Bonchev–Trinajstić information content (AvgIpc) is 2.54. The lowest BCUT2D eigenvalue weighted by atomic mass is 10.3. The Bertz CT molecular complexity index is 801. The number of carbonyl (C=O) groups excluding carboxylic acids is 1. The zero-order valence-electron chi connectivity index (χ0n) is 13.1. The molecule has 0 atom stereocenters. The maximum Gasteiger partial charge on any atom is 0.264 e. The van der Waals surface area contributed by atoms with E-state index >= 15 is 0 Å². The van der Waals surface area contributed by atoms with Gasteiger partial charge in [0.25, 0.3) is 10.0 Å². The van der Waals surface area contributed by atoms with E-state index in [1.807, 2.05) is 0 Å². The maximum absolute atomic E-state index is 12.7. The van der Waals surface area contributed by atoms with Gasteiger partial charge in [-0.05, 0) is 36.4 Å². The summed E-state index contributed by atoms with van der Waals surface area (Å²) in [5.74, 6) is 0.250. The molecule has 2 rings (SSSR count). The summed E-state index contributed by atoms with van der Waals surface area (Å²) in [5.41, 5.74) is 0.984. The van der Waals surface area contributed by atoms with Gasteiger partial charge in [-0.2, -0.15) is 0 Å². The number of amides is 1. The first-order valence-corrected chi connectivity index (χ1v) is 8.30. The molecule has 0 heterocycles. The molecule has 0 saturated heterocycles. The first-order chi connectivity index (χ1) is 10.9. The number of hydrogen-bond acceptors (Lipinski definition) is 4. The van der Waals surface area contributed by atoms with Crippen LogP contribution in [-0.4, -0.2) is 28.5 Å². The number of carbonyl (C=O) groups is 1. The van der Waals surface area contributed by atoms with Crippen molar-refractivity contribution < 1.29 is 17.9 Å². The molecule has 1 amide bonds. The Balaban J connectivity index is 2.35. The van der Waals surface area contributed by atoms with Crippen molar-refractivity contribution in [3.8, 4) is 5.75 Å². The highest BCUT2D eigenvalue weighted by molar-refractivity contribution is 7.92. The molecule has 0 fully saturated rings.